The van der Waals surface area contributed by atoms with E-state index in [2.05, 4.69) is 9.44 Å². The Balaban J connectivity index is 1.97. The number of rotatable bonds is 0. The lowest BCUT2D eigenvalue weighted by atomic mass is 9.92. The number of hydrogen-bond acceptors (Lipinski definition) is 3. The first kappa shape index (κ1) is 6.01. The van der Waals surface area contributed by atoms with Gasteiger partial charge in [0.2, 0.25) is 0 Å². The van der Waals surface area contributed by atoms with Crippen molar-refractivity contribution in [1.29, 1.82) is 0 Å². The van der Waals surface area contributed by atoms with Crippen LogP contribution in [-0.2, 0) is 0 Å². The predicted octanol–water partition coefficient (Wildman–Crippen LogP) is 1.05. The van der Waals surface area contributed by atoms with Gasteiger partial charge in [-0.2, -0.15) is 0 Å². The average molecular weight is 144 g/mol. The average Bonchev–Trinajstić information content (AvgIpc) is 2.33. The van der Waals surface area contributed by atoms with Crippen molar-refractivity contribution in [2.45, 2.75) is 37.8 Å². The van der Waals surface area contributed by atoms with Gasteiger partial charge in [0.05, 0.1) is 0 Å². The minimum absolute atomic E-state index is 0.767. The molecule has 0 bridgehead atoms. The summed E-state index contributed by atoms with van der Waals surface area (Å²) in [6.45, 7) is 0. The summed E-state index contributed by atoms with van der Waals surface area (Å²) in [6.07, 6.45) is 5.56. The molecule has 2 aliphatic rings. The lowest BCUT2D eigenvalue weighted by Gasteiger charge is -2.22. The molecular weight excluding hydrogens is 132 g/mol. The summed E-state index contributed by atoms with van der Waals surface area (Å²) in [5.41, 5.74) is 0. The van der Waals surface area contributed by atoms with Gasteiger partial charge in [0, 0.05) is 24.2 Å². The summed E-state index contributed by atoms with van der Waals surface area (Å²) in [6, 6.07) is 1.53. The first-order valence-electron chi connectivity index (χ1n) is 3.64. The maximum absolute atomic E-state index is 3.36. The van der Waals surface area contributed by atoms with Gasteiger partial charge in [-0.05, 0) is 12.8 Å². The molecule has 0 aromatic carbocycles. The van der Waals surface area contributed by atoms with Crippen molar-refractivity contribution < 1.29 is 0 Å². The fourth-order valence-electron chi connectivity index (χ4n) is 1.60. The Morgan fingerprint density at radius 1 is 1.00 bits per heavy atom. The van der Waals surface area contributed by atoms with Crippen LogP contribution < -0.4 is 9.44 Å². The lowest BCUT2D eigenvalue weighted by Crippen LogP contribution is -2.36. The molecule has 0 spiro atoms. The Bertz CT molecular complexity index is 95.2. The molecule has 1 saturated heterocycles. The summed E-state index contributed by atoms with van der Waals surface area (Å²) >= 11 is 1.68. The van der Waals surface area contributed by atoms with E-state index in [0.717, 1.165) is 12.1 Å². The van der Waals surface area contributed by atoms with Crippen LogP contribution in [-0.4, -0.2) is 12.1 Å². The van der Waals surface area contributed by atoms with E-state index in [4.69, 9.17) is 0 Å². The fraction of sp³-hybridized carbons (Fsp3) is 1.00. The first-order chi connectivity index (χ1) is 4.47. The highest BCUT2D eigenvalue weighted by Gasteiger charge is 2.29. The maximum atomic E-state index is 3.36. The summed E-state index contributed by atoms with van der Waals surface area (Å²) in [5, 5.41) is 0. The monoisotopic (exact) mass is 144 g/mol. The van der Waals surface area contributed by atoms with Crippen LogP contribution in [0.5, 0.6) is 0 Å². The highest BCUT2D eigenvalue weighted by molar-refractivity contribution is 7.95. The van der Waals surface area contributed by atoms with Crippen molar-refractivity contribution in [3.63, 3.8) is 0 Å². The normalized spacial score (nSPS) is 42.7. The van der Waals surface area contributed by atoms with Gasteiger partial charge in [-0.15, -0.1) is 0 Å². The van der Waals surface area contributed by atoms with Crippen LogP contribution in [0.15, 0.2) is 0 Å². The van der Waals surface area contributed by atoms with E-state index in [0.29, 0.717) is 0 Å². The molecule has 3 heteroatoms. The van der Waals surface area contributed by atoms with Crippen LogP contribution in [0.1, 0.15) is 25.7 Å². The first-order valence-corrected chi connectivity index (χ1v) is 4.45. The molecule has 1 saturated carbocycles. The molecule has 2 rings (SSSR count). The molecule has 52 valence electrons. The van der Waals surface area contributed by atoms with Crippen molar-refractivity contribution in [2.24, 2.45) is 0 Å². The molecule has 0 aromatic rings. The molecule has 2 nitrogen and oxygen atoms in total. The summed E-state index contributed by atoms with van der Waals surface area (Å²) < 4.78 is 6.73. The second-order valence-electron chi connectivity index (χ2n) is 2.84. The fourth-order valence-corrected chi connectivity index (χ4v) is 2.53. The van der Waals surface area contributed by atoms with Crippen LogP contribution in [0.3, 0.4) is 0 Å². The van der Waals surface area contributed by atoms with E-state index in [-0.39, 0.29) is 0 Å². The van der Waals surface area contributed by atoms with Crippen molar-refractivity contribution in [3.8, 4) is 0 Å². The Morgan fingerprint density at radius 2 is 1.56 bits per heavy atom. The van der Waals surface area contributed by atoms with Crippen LogP contribution in [0, 0.1) is 0 Å². The lowest BCUT2D eigenvalue weighted by molar-refractivity contribution is 0.374. The van der Waals surface area contributed by atoms with Gasteiger partial charge < -0.3 is 0 Å². The number of hydrogen-bond donors (Lipinski definition) is 2. The minimum atomic E-state index is 0.767. The van der Waals surface area contributed by atoms with Crippen LogP contribution in [0.25, 0.3) is 0 Å². The Hall–Kier alpha value is 0.270. The molecule has 0 aromatic heterocycles. The van der Waals surface area contributed by atoms with Crippen molar-refractivity contribution in [2.75, 3.05) is 0 Å². The summed E-state index contributed by atoms with van der Waals surface area (Å²) in [7, 11) is 0. The van der Waals surface area contributed by atoms with Crippen molar-refractivity contribution in [3.05, 3.63) is 0 Å². The van der Waals surface area contributed by atoms with E-state index in [1.54, 1.807) is 12.1 Å². The Kier molecular flexibility index (Phi) is 1.66. The predicted molar refractivity (Wildman–Crippen MR) is 39.9 cm³/mol. The van der Waals surface area contributed by atoms with Gasteiger partial charge >= 0.3 is 0 Å². The third kappa shape index (κ3) is 1.09. The maximum Gasteiger partial charge on any atom is 0.0346 e. The van der Waals surface area contributed by atoms with Gasteiger partial charge in [0.15, 0.2) is 0 Å². The molecule has 2 fully saturated rings. The molecule has 9 heavy (non-hydrogen) atoms. The second-order valence-corrected chi connectivity index (χ2v) is 3.51. The van der Waals surface area contributed by atoms with Crippen molar-refractivity contribution in [1.82, 2.24) is 9.44 Å². The van der Waals surface area contributed by atoms with E-state index in [1.807, 2.05) is 0 Å². The zero-order valence-electron chi connectivity index (χ0n) is 5.39. The molecule has 1 aliphatic heterocycles. The standard InChI is InChI=1S/C6H12N2S/c1-2-4-6-5(3-1)7-9-8-6/h5-8H,1-4H2. The molecule has 0 amide bonds. The molecule has 1 aliphatic carbocycles. The minimum Gasteiger partial charge on any atom is -0.246 e. The van der Waals surface area contributed by atoms with Gasteiger partial charge in [0.1, 0.15) is 0 Å². The van der Waals surface area contributed by atoms with E-state index in [1.165, 1.54) is 25.7 Å². The summed E-state index contributed by atoms with van der Waals surface area (Å²) in [4.78, 5) is 0. The van der Waals surface area contributed by atoms with Gasteiger partial charge in [0.25, 0.3) is 0 Å². The molecule has 1 heterocycles. The second kappa shape index (κ2) is 2.48. The third-order valence-electron chi connectivity index (χ3n) is 2.19. The highest BCUT2D eigenvalue weighted by Crippen LogP contribution is 2.24. The Labute approximate surface area is 60.0 Å². The molecule has 2 N–H and O–H groups in total. The zero-order chi connectivity index (χ0) is 6.10. The van der Waals surface area contributed by atoms with E-state index < -0.39 is 0 Å². The molecule has 0 radical (unpaired) electrons. The van der Waals surface area contributed by atoms with Gasteiger partial charge in [-0.1, -0.05) is 12.8 Å². The Morgan fingerprint density at radius 3 is 2.11 bits per heavy atom. The van der Waals surface area contributed by atoms with Gasteiger partial charge in [-0.25, -0.2) is 9.44 Å². The van der Waals surface area contributed by atoms with E-state index >= 15 is 0 Å². The molecule has 2 atom stereocenters. The number of nitrogens with one attached hydrogen (secondary N) is 2. The topological polar surface area (TPSA) is 24.1 Å². The zero-order valence-corrected chi connectivity index (χ0v) is 6.21. The SMILES string of the molecule is C1CCC2NSNC2C1. The largest absolute Gasteiger partial charge is 0.246 e. The van der Waals surface area contributed by atoms with Crippen LogP contribution in [0.2, 0.25) is 0 Å². The smallest absolute Gasteiger partial charge is 0.0346 e. The molecular formula is C6H12N2S. The molecule has 2 unspecified atom stereocenters. The highest BCUT2D eigenvalue weighted by atomic mass is 32.2. The quantitative estimate of drug-likeness (QED) is 0.497. The third-order valence-corrected chi connectivity index (χ3v) is 3.03. The van der Waals surface area contributed by atoms with Crippen LogP contribution in [0.4, 0.5) is 0 Å². The number of fused-ring (bicyclic) bond motifs is 1. The van der Waals surface area contributed by atoms with E-state index in [9.17, 15) is 0 Å². The van der Waals surface area contributed by atoms with Crippen LogP contribution >= 0.6 is 12.1 Å². The summed E-state index contributed by atoms with van der Waals surface area (Å²) in [5.74, 6) is 0. The van der Waals surface area contributed by atoms with Gasteiger partial charge in [-0.3, -0.25) is 0 Å². The van der Waals surface area contributed by atoms with Crippen molar-refractivity contribution >= 4 is 12.1 Å².